The molecular formula is C5H8F6N2O2S. The highest BCUT2D eigenvalue weighted by molar-refractivity contribution is 7.90. The van der Waals surface area contributed by atoms with Crippen LogP contribution in [-0.2, 0) is 10.0 Å². The molecule has 0 aromatic carbocycles. The van der Waals surface area contributed by atoms with Crippen molar-refractivity contribution in [2.24, 2.45) is 0 Å². The topological polar surface area (TPSA) is 72.4 Å². The van der Waals surface area contributed by atoms with Gasteiger partial charge in [-0.2, -0.15) is 26.3 Å². The number of nitrogens with zero attached hydrogens (tertiary/aromatic N) is 1. The van der Waals surface area contributed by atoms with Gasteiger partial charge in [0, 0.05) is 6.54 Å². The molecular weight excluding hydrogens is 266 g/mol. The molecule has 0 saturated carbocycles. The minimum Gasteiger partial charge on any atom is -0.344 e. The molecule has 0 unspecified atom stereocenters. The Morgan fingerprint density at radius 1 is 1.12 bits per heavy atom. The lowest BCUT2D eigenvalue weighted by Crippen LogP contribution is -2.48. The van der Waals surface area contributed by atoms with E-state index in [9.17, 15) is 34.8 Å². The van der Waals surface area contributed by atoms with Crippen molar-refractivity contribution in [2.45, 2.75) is 11.8 Å². The van der Waals surface area contributed by atoms with Crippen LogP contribution in [0.3, 0.4) is 0 Å². The second-order valence-corrected chi connectivity index (χ2v) is 4.09. The lowest BCUT2D eigenvalue weighted by molar-refractivity contribution is -0.212. The molecule has 98 valence electrons. The molecule has 0 amide bonds. The van der Waals surface area contributed by atoms with E-state index in [1.54, 1.807) is 0 Å². The van der Waals surface area contributed by atoms with Gasteiger partial charge in [-0.25, -0.2) is 8.42 Å². The third-order valence-corrected chi connectivity index (χ3v) is 2.68. The Morgan fingerprint density at radius 3 is 1.69 bits per heavy atom. The normalized spacial score (nSPS) is 13.4. The fraction of sp³-hybridized carbons (Fsp3) is 0.600. The van der Waals surface area contributed by atoms with E-state index in [0.29, 0.717) is 6.08 Å². The Labute approximate surface area is 87.2 Å². The smallest absolute Gasteiger partial charge is 0.344 e. The standard InChI is InChI=1S/C5H5F6NO2S.H3N/c1-2-3-12(4(6,7)8)15(13,14)5(9,10)11;/h2H,1,3H2;1H3. The van der Waals surface area contributed by atoms with Gasteiger partial charge in [0.25, 0.3) is 0 Å². The van der Waals surface area contributed by atoms with E-state index in [4.69, 9.17) is 0 Å². The molecule has 0 heterocycles. The third-order valence-electron chi connectivity index (χ3n) is 1.16. The number of sulfonamides is 1. The molecule has 0 aliphatic carbocycles. The van der Waals surface area contributed by atoms with E-state index in [1.807, 2.05) is 0 Å². The summed E-state index contributed by atoms with van der Waals surface area (Å²) >= 11 is 0. The molecule has 0 rings (SSSR count). The molecule has 0 fully saturated rings. The number of hydrogen-bond donors (Lipinski definition) is 1. The highest BCUT2D eigenvalue weighted by Gasteiger charge is 2.58. The van der Waals surface area contributed by atoms with Gasteiger partial charge in [-0.3, -0.25) is 0 Å². The maximum Gasteiger partial charge on any atom is 0.511 e. The van der Waals surface area contributed by atoms with Crippen LogP contribution in [0.4, 0.5) is 26.3 Å². The third kappa shape index (κ3) is 3.64. The van der Waals surface area contributed by atoms with Gasteiger partial charge in [-0.1, -0.05) is 10.4 Å². The predicted octanol–water partition coefficient (Wildman–Crippen LogP) is 2.01. The summed E-state index contributed by atoms with van der Waals surface area (Å²) in [4.78, 5) is 0. The van der Waals surface area contributed by atoms with E-state index in [1.165, 1.54) is 0 Å². The number of alkyl halides is 6. The first-order chi connectivity index (χ1) is 6.44. The van der Waals surface area contributed by atoms with Crippen molar-refractivity contribution in [2.75, 3.05) is 6.54 Å². The molecule has 0 bridgehead atoms. The quantitative estimate of drug-likeness (QED) is 0.486. The highest BCUT2D eigenvalue weighted by atomic mass is 32.2. The molecule has 0 saturated heterocycles. The second kappa shape index (κ2) is 5.01. The van der Waals surface area contributed by atoms with Gasteiger partial charge in [0.15, 0.2) is 0 Å². The van der Waals surface area contributed by atoms with Gasteiger partial charge in [-0.05, 0) is 0 Å². The largest absolute Gasteiger partial charge is 0.511 e. The summed E-state index contributed by atoms with van der Waals surface area (Å²) < 4.78 is 90.3. The SMILES string of the molecule is C=CCN(C(F)(F)F)S(=O)(=O)C(F)(F)F.N. The van der Waals surface area contributed by atoms with E-state index in [-0.39, 0.29) is 6.15 Å². The summed E-state index contributed by atoms with van der Waals surface area (Å²) in [6.45, 7) is 1.24. The number of rotatable bonds is 3. The molecule has 11 heteroatoms. The van der Waals surface area contributed by atoms with Crippen LogP contribution >= 0.6 is 0 Å². The van der Waals surface area contributed by atoms with Crippen molar-refractivity contribution in [3.63, 3.8) is 0 Å². The fourth-order valence-electron chi connectivity index (χ4n) is 0.580. The van der Waals surface area contributed by atoms with Gasteiger partial charge in [0.05, 0.1) is 0 Å². The highest BCUT2D eigenvalue weighted by Crippen LogP contribution is 2.33. The van der Waals surface area contributed by atoms with Crippen LogP contribution in [0.15, 0.2) is 12.7 Å². The zero-order chi connectivity index (χ0) is 12.5. The summed E-state index contributed by atoms with van der Waals surface area (Å²) in [5.41, 5.74) is -5.99. The van der Waals surface area contributed by atoms with Gasteiger partial charge in [0.2, 0.25) is 0 Å². The van der Waals surface area contributed by atoms with Crippen LogP contribution in [-0.4, -0.2) is 31.1 Å². The Bertz CT molecular complexity index is 332. The van der Waals surface area contributed by atoms with Crippen LogP contribution in [0.2, 0.25) is 0 Å². The Kier molecular flexibility index (Phi) is 5.51. The van der Waals surface area contributed by atoms with Crippen LogP contribution in [0.5, 0.6) is 0 Å². The Hall–Kier alpha value is -0.810. The monoisotopic (exact) mass is 274 g/mol. The first kappa shape index (κ1) is 17.6. The zero-order valence-electron chi connectivity index (χ0n) is 7.64. The minimum atomic E-state index is -6.42. The van der Waals surface area contributed by atoms with Crippen molar-refractivity contribution >= 4 is 10.0 Å². The molecule has 0 atom stereocenters. The minimum absolute atomic E-state index is 0. The fourth-order valence-corrected chi connectivity index (χ4v) is 1.40. The molecule has 4 nitrogen and oxygen atoms in total. The lowest BCUT2D eigenvalue weighted by Gasteiger charge is -2.23. The lowest BCUT2D eigenvalue weighted by atomic mass is 10.6. The van der Waals surface area contributed by atoms with Crippen molar-refractivity contribution in [1.29, 1.82) is 0 Å². The molecule has 3 N–H and O–H groups in total. The van der Waals surface area contributed by atoms with E-state index >= 15 is 0 Å². The van der Waals surface area contributed by atoms with E-state index in [0.717, 1.165) is 0 Å². The summed E-state index contributed by atoms with van der Waals surface area (Å²) in [5, 5.41) is 0. The van der Waals surface area contributed by atoms with Gasteiger partial charge < -0.3 is 6.15 Å². The van der Waals surface area contributed by atoms with Crippen LogP contribution in [0.25, 0.3) is 0 Å². The summed E-state index contributed by atoms with van der Waals surface area (Å²) in [6, 6.07) is 0. The molecule has 0 spiro atoms. The van der Waals surface area contributed by atoms with E-state index < -0.39 is 32.7 Å². The predicted molar refractivity (Wildman–Crippen MR) is 43.0 cm³/mol. The average Bonchev–Trinajstić information content (AvgIpc) is 1.95. The zero-order valence-corrected chi connectivity index (χ0v) is 8.45. The van der Waals surface area contributed by atoms with Crippen molar-refractivity contribution in [3.05, 3.63) is 12.7 Å². The molecule has 0 aromatic heterocycles. The summed E-state index contributed by atoms with van der Waals surface area (Å²) in [6.07, 6.45) is -5.24. The molecule has 0 aliphatic rings. The maximum absolute atomic E-state index is 11.9. The molecule has 0 aromatic rings. The second-order valence-electron chi connectivity index (χ2n) is 2.24. The molecule has 0 aliphatic heterocycles. The van der Waals surface area contributed by atoms with Crippen LogP contribution in [0, 0.1) is 0 Å². The maximum atomic E-state index is 11.9. The summed E-state index contributed by atoms with van der Waals surface area (Å²) in [5.74, 6) is 0. The number of halogens is 6. The molecule has 0 radical (unpaired) electrons. The first-order valence-corrected chi connectivity index (χ1v) is 4.65. The Morgan fingerprint density at radius 2 is 1.50 bits per heavy atom. The molecule has 16 heavy (non-hydrogen) atoms. The number of hydrogen-bond acceptors (Lipinski definition) is 3. The average molecular weight is 274 g/mol. The van der Waals surface area contributed by atoms with Gasteiger partial charge in [-0.15, -0.1) is 6.58 Å². The Balaban J connectivity index is 0. The van der Waals surface area contributed by atoms with Gasteiger partial charge in [0.1, 0.15) is 0 Å². The van der Waals surface area contributed by atoms with Crippen LogP contribution < -0.4 is 6.15 Å². The van der Waals surface area contributed by atoms with Gasteiger partial charge >= 0.3 is 21.8 Å². The van der Waals surface area contributed by atoms with Crippen molar-refractivity contribution in [1.82, 2.24) is 10.5 Å². The van der Waals surface area contributed by atoms with E-state index in [2.05, 4.69) is 6.58 Å². The summed E-state index contributed by atoms with van der Waals surface area (Å²) in [7, 11) is -6.42. The van der Waals surface area contributed by atoms with Crippen LogP contribution in [0.1, 0.15) is 0 Å². The first-order valence-electron chi connectivity index (χ1n) is 3.21. The van der Waals surface area contributed by atoms with Crippen molar-refractivity contribution < 1.29 is 34.8 Å². The van der Waals surface area contributed by atoms with Crippen molar-refractivity contribution in [3.8, 4) is 0 Å².